The number of rotatable bonds is 3. The van der Waals surface area contributed by atoms with Crippen LogP contribution in [-0.4, -0.2) is 38.0 Å². The summed E-state index contributed by atoms with van der Waals surface area (Å²) in [5.41, 5.74) is 4.84. The van der Waals surface area contributed by atoms with Crippen molar-refractivity contribution in [3.63, 3.8) is 0 Å². The SMILES string of the molecule is NC(=O)CO[C@H]1CCOC[C@H]1F. The van der Waals surface area contributed by atoms with Crippen LogP contribution in [-0.2, 0) is 14.3 Å². The maximum absolute atomic E-state index is 12.9. The molecule has 0 saturated carbocycles. The molecule has 0 aromatic carbocycles. The van der Waals surface area contributed by atoms with Gasteiger partial charge in [-0.05, 0) is 6.42 Å². The highest BCUT2D eigenvalue weighted by Gasteiger charge is 2.26. The van der Waals surface area contributed by atoms with Crippen molar-refractivity contribution in [2.75, 3.05) is 19.8 Å². The molecule has 12 heavy (non-hydrogen) atoms. The van der Waals surface area contributed by atoms with Crippen molar-refractivity contribution in [3.8, 4) is 0 Å². The normalized spacial score (nSPS) is 30.1. The van der Waals surface area contributed by atoms with Gasteiger partial charge in [0, 0.05) is 6.61 Å². The molecule has 0 unspecified atom stereocenters. The topological polar surface area (TPSA) is 61.6 Å². The van der Waals surface area contributed by atoms with Crippen molar-refractivity contribution in [2.45, 2.75) is 18.7 Å². The van der Waals surface area contributed by atoms with Crippen molar-refractivity contribution < 1.29 is 18.7 Å². The highest BCUT2D eigenvalue weighted by atomic mass is 19.1. The molecule has 0 bridgehead atoms. The first-order valence-corrected chi connectivity index (χ1v) is 3.82. The summed E-state index contributed by atoms with van der Waals surface area (Å²) in [4.78, 5) is 10.3. The number of primary amides is 1. The summed E-state index contributed by atoms with van der Waals surface area (Å²) >= 11 is 0. The largest absolute Gasteiger partial charge is 0.378 e. The van der Waals surface area contributed by atoms with Gasteiger partial charge in [-0.1, -0.05) is 0 Å². The molecular weight excluding hydrogens is 165 g/mol. The van der Waals surface area contributed by atoms with Gasteiger partial charge in [-0.2, -0.15) is 0 Å². The van der Waals surface area contributed by atoms with E-state index in [1.54, 1.807) is 0 Å². The van der Waals surface area contributed by atoms with E-state index >= 15 is 0 Å². The summed E-state index contributed by atoms with van der Waals surface area (Å²) in [6.07, 6.45) is -1.20. The minimum absolute atomic E-state index is 0.0451. The van der Waals surface area contributed by atoms with Crippen LogP contribution < -0.4 is 5.73 Å². The molecule has 1 heterocycles. The first kappa shape index (κ1) is 9.41. The molecule has 1 aliphatic rings. The van der Waals surface area contributed by atoms with E-state index in [0.717, 1.165) is 0 Å². The average Bonchev–Trinajstić information content (AvgIpc) is 2.03. The summed E-state index contributed by atoms with van der Waals surface area (Å²) in [5, 5.41) is 0. The molecule has 1 saturated heterocycles. The maximum Gasteiger partial charge on any atom is 0.243 e. The number of ether oxygens (including phenoxy) is 2. The predicted molar refractivity (Wildman–Crippen MR) is 39.3 cm³/mol. The minimum atomic E-state index is -1.14. The second kappa shape index (κ2) is 4.37. The van der Waals surface area contributed by atoms with Crippen LogP contribution >= 0.6 is 0 Å². The lowest BCUT2D eigenvalue weighted by molar-refractivity contribution is -0.131. The van der Waals surface area contributed by atoms with Crippen LogP contribution in [0.15, 0.2) is 0 Å². The number of carbonyl (C=O) groups excluding carboxylic acids is 1. The molecule has 0 spiro atoms. The molecule has 70 valence electrons. The smallest absolute Gasteiger partial charge is 0.243 e. The molecule has 2 N–H and O–H groups in total. The molecule has 4 nitrogen and oxygen atoms in total. The van der Waals surface area contributed by atoms with Gasteiger partial charge in [-0.15, -0.1) is 0 Å². The number of carbonyl (C=O) groups is 1. The highest BCUT2D eigenvalue weighted by Crippen LogP contribution is 2.14. The van der Waals surface area contributed by atoms with Crippen LogP contribution in [0.2, 0.25) is 0 Å². The lowest BCUT2D eigenvalue weighted by atomic mass is 10.1. The summed E-state index contributed by atoms with van der Waals surface area (Å²) in [6.45, 7) is 0.304. The number of halogens is 1. The molecule has 1 amide bonds. The molecule has 2 atom stereocenters. The van der Waals surface area contributed by atoms with E-state index in [1.165, 1.54) is 0 Å². The zero-order valence-corrected chi connectivity index (χ0v) is 6.66. The van der Waals surface area contributed by atoms with Crippen LogP contribution in [0, 0.1) is 0 Å². The third kappa shape index (κ3) is 2.75. The number of hydrogen-bond acceptors (Lipinski definition) is 3. The van der Waals surface area contributed by atoms with E-state index in [0.29, 0.717) is 13.0 Å². The van der Waals surface area contributed by atoms with Gasteiger partial charge in [-0.25, -0.2) is 4.39 Å². The predicted octanol–water partition coefficient (Wildman–Crippen LogP) is -0.385. The molecule has 0 aliphatic carbocycles. The Morgan fingerprint density at radius 3 is 3.08 bits per heavy atom. The van der Waals surface area contributed by atoms with Gasteiger partial charge in [0.1, 0.15) is 12.8 Å². The first-order valence-electron chi connectivity index (χ1n) is 3.82. The zero-order valence-electron chi connectivity index (χ0n) is 6.66. The van der Waals surface area contributed by atoms with Crippen LogP contribution in [0.3, 0.4) is 0 Å². The van der Waals surface area contributed by atoms with Crippen LogP contribution in [0.25, 0.3) is 0 Å². The monoisotopic (exact) mass is 177 g/mol. The van der Waals surface area contributed by atoms with Crippen molar-refractivity contribution >= 4 is 5.91 Å². The van der Waals surface area contributed by atoms with Crippen molar-refractivity contribution in [1.29, 1.82) is 0 Å². The zero-order chi connectivity index (χ0) is 8.97. The van der Waals surface area contributed by atoms with E-state index in [-0.39, 0.29) is 13.2 Å². The first-order chi connectivity index (χ1) is 5.70. The van der Waals surface area contributed by atoms with Gasteiger partial charge in [0.15, 0.2) is 0 Å². The lowest BCUT2D eigenvalue weighted by Crippen LogP contribution is -2.37. The minimum Gasteiger partial charge on any atom is -0.378 e. The van der Waals surface area contributed by atoms with E-state index < -0.39 is 18.2 Å². The summed E-state index contributed by atoms with van der Waals surface area (Å²) in [5.74, 6) is -0.575. The third-order valence-corrected chi connectivity index (χ3v) is 1.67. The van der Waals surface area contributed by atoms with E-state index in [2.05, 4.69) is 0 Å². The Labute approximate surface area is 69.8 Å². The van der Waals surface area contributed by atoms with Crippen molar-refractivity contribution in [1.82, 2.24) is 0 Å². The Bertz CT molecular complexity index is 165. The molecular formula is C7H12FNO3. The number of nitrogens with two attached hydrogens (primary N) is 1. The van der Waals surface area contributed by atoms with Gasteiger partial charge in [0.05, 0.1) is 12.7 Å². The molecule has 0 aromatic heterocycles. The number of amides is 1. The van der Waals surface area contributed by atoms with Gasteiger partial charge < -0.3 is 15.2 Å². The quantitative estimate of drug-likeness (QED) is 0.639. The van der Waals surface area contributed by atoms with Gasteiger partial charge >= 0.3 is 0 Å². The van der Waals surface area contributed by atoms with Crippen LogP contribution in [0.5, 0.6) is 0 Å². The Kier molecular flexibility index (Phi) is 3.43. The van der Waals surface area contributed by atoms with Crippen LogP contribution in [0.1, 0.15) is 6.42 Å². The molecule has 5 heteroatoms. The molecule has 1 rings (SSSR count). The van der Waals surface area contributed by atoms with E-state index in [4.69, 9.17) is 15.2 Å². The highest BCUT2D eigenvalue weighted by molar-refractivity contribution is 5.75. The third-order valence-electron chi connectivity index (χ3n) is 1.67. The average molecular weight is 177 g/mol. The second-order valence-corrected chi connectivity index (χ2v) is 2.70. The summed E-state index contributed by atoms with van der Waals surface area (Å²) < 4.78 is 22.7. The Balaban J connectivity index is 2.24. The molecule has 0 aromatic rings. The summed E-state index contributed by atoms with van der Waals surface area (Å²) in [7, 11) is 0. The molecule has 1 aliphatic heterocycles. The van der Waals surface area contributed by atoms with Crippen molar-refractivity contribution in [2.24, 2.45) is 5.73 Å². The second-order valence-electron chi connectivity index (χ2n) is 2.70. The van der Waals surface area contributed by atoms with Gasteiger partial charge in [0.25, 0.3) is 0 Å². The fraction of sp³-hybridized carbons (Fsp3) is 0.857. The number of alkyl halides is 1. The fourth-order valence-corrected chi connectivity index (χ4v) is 1.06. The fourth-order valence-electron chi connectivity index (χ4n) is 1.06. The Morgan fingerprint density at radius 2 is 2.50 bits per heavy atom. The van der Waals surface area contributed by atoms with E-state index in [1.807, 2.05) is 0 Å². The maximum atomic E-state index is 12.9. The Morgan fingerprint density at radius 1 is 1.75 bits per heavy atom. The van der Waals surface area contributed by atoms with Gasteiger partial charge in [-0.3, -0.25) is 4.79 Å². The lowest BCUT2D eigenvalue weighted by Gasteiger charge is -2.25. The van der Waals surface area contributed by atoms with Crippen molar-refractivity contribution in [3.05, 3.63) is 0 Å². The van der Waals surface area contributed by atoms with E-state index in [9.17, 15) is 9.18 Å². The van der Waals surface area contributed by atoms with Crippen LogP contribution in [0.4, 0.5) is 4.39 Å². The molecule has 0 radical (unpaired) electrons. The number of hydrogen-bond donors (Lipinski definition) is 1. The van der Waals surface area contributed by atoms with Gasteiger partial charge in [0.2, 0.25) is 5.91 Å². The standard InChI is InChI=1S/C7H12FNO3/c8-5-3-11-2-1-6(5)12-4-7(9)10/h5-6H,1-4H2,(H2,9,10)/t5-,6+/m1/s1. The molecule has 1 fully saturated rings. The Hall–Kier alpha value is -0.680. The summed E-state index contributed by atoms with van der Waals surface area (Å²) in [6, 6.07) is 0.